The molecule has 0 atom stereocenters. The van der Waals surface area contributed by atoms with Gasteiger partial charge in [-0.25, -0.2) is 9.59 Å². The SMILES string of the molecule is O=C(O)C#CCNC(=O)CC1(NC(=O)OCC2c3ccccc3-c3ccccc32)CCOCC1. The van der Waals surface area contributed by atoms with Crippen LogP contribution in [0.2, 0.25) is 0 Å². The van der Waals surface area contributed by atoms with E-state index in [1.54, 1.807) is 0 Å². The summed E-state index contributed by atoms with van der Waals surface area (Å²) in [6, 6.07) is 16.2. The average molecular weight is 463 g/mol. The van der Waals surface area contributed by atoms with Gasteiger partial charge in [0.2, 0.25) is 5.91 Å². The van der Waals surface area contributed by atoms with Crippen LogP contribution in [0.25, 0.3) is 11.1 Å². The fourth-order valence-corrected chi connectivity index (χ4v) is 4.59. The molecule has 1 saturated heterocycles. The van der Waals surface area contributed by atoms with Crippen LogP contribution in [-0.4, -0.2) is 55.0 Å². The Hall–Kier alpha value is -3.83. The predicted octanol–water partition coefficient (Wildman–Crippen LogP) is 2.67. The number of carbonyl (C=O) groups excluding carboxylic acids is 2. The Balaban J connectivity index is 1.39. The largest absolute Gasteiger partial charge is 0.472 e. The van der Waals surface area contributed by atoms with E-state index in [2.05, 4.69) is 40.8 Å². The standard InChI is InChI=1S/C26H26N2O6/c29-23(27-13-5-10-24(30)31)16-26(11-14-33-15-12-26)28-25(32)34-17-22-20-8-3-1-6-18(20)19-7-2-4-9-21(19)22/h1-4,6-9,22H,11-17H2,(H,27,29)(H,28,32)(H,30,31). The minimum atomic E-state index is -1.26. The minimum Gasteiger partial charge on any atom is -0.472 e. The molecule has 4 rings (SSSR count). The molecular weight excluding hydrogens is 436 g/mol. The van der Waals surface area contributed by atoms with Crippen LogP contribution in [0, 0.1) is 11.8 Å². The maximum Gasteiger partial charge on any atom is 0.407 e. The number of hydrogen-bond donors (Lipinski definition) is 3. The molecule has 1 heterocycles. The summed E-state index contributed by atoms with van der Waals surface area (Å²) in [5.74, 6) is 2.66. The van der Waals surface area contributed by atoms with Crippen molar-refractivity contribution >= 4 is 18.0 Å². The molecule has 8 nitrogen and oxygen atoms in total. The van der Waals surface area contributed by atoms with Crippen molar-refractivity contribution in [3.05, 3.63) is 59.7 Å². The number of amides is 2. The van der Waals surface area contributed by atoms with Crippen molar-refractivity contribution in [2.75, 3.05) is 26.4 Å². The third-order valence-electron chi connectivity index (χ3n) is 6.23. The van der Waals surface area contributed by atoms with E-state index < -0.39 is 17.6 Å². The van der Waals surface area contributed by atoms with Crippen LogP contribution in [0.15, 0.2) is 48.5 Å². The molecule has 2 aliphatic rings. The lowest BCUT2D eigenvalue weighted by Gasteiger charge is -2.37. The predicted molar refractivity (Wildman–Crippen MR) is 124 cm³/mol. The van der Waals surface area contributed by atoms with E-state index in [-0.39, 0.29) is 31.4 Å². The maximum atomic E-state index is 12.8. The van der Waals surface area contributed by atoms with Crippen molar-refractivity contribution in [3.8, 4) is 23.0 Å². The molecule has 0 radical (unpaired) electrons. The summed E-state index contributed by atoms with van der Waals surface area (Å²) in [6.45, 7) is 0.928. The van der Waals surface area contributed by atoms with Crippen LogP contribution < -0.4 is 10.6 Å². The Bertz CT molecular complexity index is 1100. The number of alkyl carbamates (subject to hydrolysis) is 1. The maximum absolute atomic E-state index is 12.8. The van der Waals surface area contributed by atoms with Crippen molar-refractivity contribution in [2.45, 2.75) is 30.7 Å². The van der Waals surface area contributed by atoms with E-state index in [9.17, 15) is 14.4 Å². The number of fused-ring (bicyclic) bond motifs is 3. The highest BCUT2D eigenvalue weighted by Gasteiger charge is 2.37. The van der Waals surface area contributed by atoms with E-state index >= 15 is 0 Å². The molecule has 2 aromatic rings. The normalized spacial score (nSPS) is 15.8. The van der Waals surface area contributed by atoms with Gasteiger partial charge in [-0.2, -0.15) is 0 Å². The van der Waals surface area contributed by atoms with E-state index in [1.807, 2.05) is 30.2 Å². The first-order valence-electron chi connectivity index (χ1n) is 11.2. The molecule has 3 N–H and O–H groups in total. The third-order valence-corrected chi connectivity index (χ3v) is 6.23. The summed E-state index contributed by atoms with van der Waals surface area (Å²) < 4.78 is 11.1. The number of carboxylic acids is 1. The van der Waals surface area contributed by atoms with Gasteiger partial charge in [0.15, 0.2) is 0 Å². The zero-order valence-corrected chi connectivity index (χ0v) is 18.6. The number of ether oxygens (including phenoxy) is 2. The minimum absolute atomic E-state index is 0.0231. The van der Waals surface area contributed by atoms with Crippen LogP contribution in [-0.2, 0) is 19.1 Å². The molecule has 1 aliphatic carbocycles. The van der Waals surface area contributed by atoms with Crippen molar-refractivity contribution in [1.82, 2.24) is 10.6 Å². The Morgan fingerprint density at radius 1 is 1.03 bits per heavy atom. The zero-order valence-electron chi connectivity index (χ0n) is 18.6. The van der Waals surface area contributed by atoms with E-state index in [0.717, 1.165) is 22.3 Å². The van der Waals surface area contributed by atoms with Crippen LogP contribution in [0.1, 0.15) is 36.3 Å². The number of carbonyl (C=O) groups is 3. The van der Waals surface area contributed by atoms with E-state index in [1.165, 1.54) is 0 Å². The second-order valence-electron chi connectivity index (χ2n) is 8.40. The first-order valence-corrected chi connectivity index (χ1v) is 11.2. The number of carboxylic acid groups (broad SMARTS) is 1. The molecule has 0 spiro atoms. The average Bonchev–Trinajstić information content (AvgIpc) is 3.14. The summed E-state index contributed by atoms with van der Waals surface area (Å²) in [5.41, 5.74) is 3.75. The van der Waals surface area contributed by atoms with Gasteiger partial charge in [0.05, 0.1) is 18.5 Å². The first-order chi connectivity index (χ1) is 16.5. The van der Waals surface area contributed by atoms with Crippen molar-refractivity contribution in [3.63, 3.8) is 0 Å². The topological polar surface area (TPSA) is 114 Å². The van der Waals surface area contributed by atoms with Gasteiger partial charge in [-0.1, -0.05) is 54.5 Å². The summed E-state index contributed by atoms with van der Waals surface area (Å²) in [6.07, 6.45) is 0.369. The molecular formula is C26H26N2O6. The molecule has 34 heavy (non-hydrogen) atoms. The summed E-state index contributed by atoms with van der Waals surface area (Å²) in [7, 11) is 0. The highest BCUT2D eigenvalue weighted by Crippen LogP contribution is 2.44. The summed E-state index contributed by atoms with van der Waals surface area (Å²) >= 11 is 0. The van der Waals surface area contributed by atoms with Crippen LogP contribution in [0.3, 0.4) is 0 Å². The molecule has 0 unspecified atom stereocenters. The Morgan fingerprint density at radius 2 is 1.65 bits per heavy atom. The van der Waals surface area contributed by atoms with Crippen LogP contribution in [0.4, 0.5) is 4.79 Å². The zero-order chi connectivity index (χ0) is 24.0. The lowest BCUT2D eigenvalue weighted by Crippen LogP contribution is -2.54. The highest BCUT2D eigenvalue weighted by atomic mass is 16.5. The van der Waals surface area contributed by atoms with Gasteiger partial charge in [-0.3, -0.25) is 4.79 Å². The molecule has 0 saturated carbocycles. The highest BCUT2D eigenvalue weighted by molar-refractivity contribution is 5.86. The summed E-state index contributed by atoms with van der Waals surface area (Å²) in [4.78, 5) is 35.7. The van der Waals surface area contributed by atoms with Crippen molar-refractivity contribution < 1.29 is 29.0 Å². The smallest absolute Gasteiger partial charge is 0.407 e. The Kier molecular flexibility index (Phi) is 7.14. The number of aliphatic carboxylic acids is 1. The molecule has 1 fully saturated rings. The van der Waals surface area contributed by atoms with E-state index in [0.29, 0.717) is 26.1 Å². The second-order valence-corrected chi connectivity index (χ2v) is 8.40. The van der Waals surface area contributed by atoms with Gasteiger partial charge in [-0.05, 0) is 35.1 Å². The fourth-order valence-electron chi connectivity index (χ4n) is 4.59. The molecule has 2 amide bonds. The van der Waals surface area contributed by atoms with Gasteiger partial charge in [0.25, 0.3) is 0 Å². The third kappa shape index (κ3) is 5.38. The Labute approximate surface area is 197 Å². The first kappa shape index (κ1) is 23.3. The van der Waals surface area contributed by atoms with Gasteiger partial charge in [-0.15, -0.1) is 0 Å². The van der Waals surface area contributed by atoms with Crippen molar-refractivity contribution in [1.29, 1.82) is 0 Å². The monoisotopic (exact) mass is 462 g/mol. The quantitative estimate of drug-likeness (QED) is 0.569. The molecule has 8 heteroatoms. The van der Waals surface area contributed by atoms with Crippen molar-refractivity contribution in [2.24, 2.45) is 0 Å². The van der Waals surface area contributed by atoms with Gasteiger partial charge in [0, 0.05) is 25.1 Å². The number of nitrogens with one attached hydrogen (secondary N) is 2. The molecule has 1 aliphatic heterocycles. The molecule has 176 valence electrons. The Morgan fingerprint density at radius 3 is 2.26 bits per heavy atom. The number of rotatable bonds is 6. The van der Waals surface area contributed by atoms with Crippen LogP contribution >= 0.6 is 0 Å². The fraction of sp³-hybridized carbons (Fsp3) is 0.346. The van der Waals surface area contributed by atoms with Gasteiger partial charge in [0.1, 0.15) is 6.61 Å². The molecule has 2 aromatic carbocycles. The lowest BCUT2D eigenvalue weighted by atomic mass is 9.86. The van der Waals surface area contributed by atoms with E-state index in [4.69, 9.17) is 14.6 Å². The summed E-state index contributed by atoms with van der Waals surface area (Å²) in [5, 5.41) is 14.0. The molecule has 0 bridgehead atoms. The van der Waals surface area contributed by atoms with Crippen LogP contribution in [0.5, 0.6) is 0 Å². The number of benzene rings is 2. The van der Waals surface area contributed by atoms with Gasteiger partial charge < -0.3 is 25.2 Å². The molecule has 0 aromatic heterocycles. The second kappa shape index (κ2) is 10.4. The van der Waals surface area contributed by atoms with Gasteiger partial charge >= 0.3 is 12.1 Å². The lowest BCUT2D eigenvalue weighted by molar-refractivity contribution is -0.130. The number of hydrogen-bond acceptors (Lipinski definition) is 5.